The summed E-state index contributed by atoms with van der Waals surface area (Å²) in [6.45, 7) is 7.03. The van der Waals surface area contributed by atoms with Crippen LogP contribution < -0.4 is 10.6 Å². The molecule has 1 aliphatic heterocycles. The Balaban J connectivity index is 1.60. The first-order valence-corrected chi connectivity index (χ1v) is 7.55. The summed E-state index contributed by atoms with van der Waals surface area (Å²) in [5, 5.41) is 6.98. The van der Waals surface area contributed by atoms with Crippen molar-refractivity contribution >= 4 is 5.69 Å². The Morgan fingerprint density at radius 2 is 2.16 bits per heavy atom. The van der Waals surface area contributed by atoms with Crippen LogP contribution >= 0.6 is 0 Å². The molecule has 1 aliphatic rings. The Bertz CT molecular complexity index is 379. The summed E-state index contributed by atoms with van der Waals surface area (Å²) < 4.78 is 5.55. The van der Waals surface area contributed by atoms with Crippen molar-refractivity contribution in [2.45, 2.75) is 39.2 Å². The molecule has 0 spiro atoms. The number of hydrogen-bond donors (Lipinski definition) is 2. The third-order valence-corrected chi connectivity index (χ3v) is 3.53. The minimum absolute atomic E-state index is 0.873. The van der Waals surface area contributed by atoms with E-state index in [9.17, 15) is 0 Å². The van der Waals surface area contributed by atoms with Crippen LogP contribution in [0, 0.1) is 0 Å². The average molecular weight is 262 g/mol. The van der Waals surface area contributed by atoms with Gasteiger partial charge in [0.25, 0.3) is 0 Å². The van der Waals surface area contributed by atoms with Gasteiger partial charge in [0.1, 0.15) is 0 Å². The standard InChI is InChI=1S/C16H26N2O/c1-2-3-11-19-12-5-9-17-13-15-7-4-6-14-8-10-18-16(14)15/h4,6-7,17-18H,2-3,5,8-13H2,1H3. The maximum Gasteiger partial charge on any atom is 0.0478 e. The molecule has 19 heavy (non-hydrogen) atoms. The molecule has 0 amide bonds. The molecule has 3 nitrogen and oxygen atoms in total. The van der Waals surface area contributed by atoms with Gasteiger partial charge in [0.05, 0.1) is 0 Å². The molecule has 0 atom stereocenters. The normalized spacial score (nSPS) is 13.3. The van der Waals surface area contributed by atoms with Crippen LogP contribution in [0.1, 0.15) is 37.3 Å². The highest BCUT2D eigenvalue weighted by Crippen LogP contribution is 2.25. The van der Waals surface area contributed by atoms with Crippen molar-refractivity contribution < 1.29 is 4.74 Å². The maximum absolute atomic E-state index is 5.55. The first-order chi connectivity index (χ1) is 9.42. The second-order valence-corrected chi connectivity index (χ2v) is 5.12. The highest BCUT2D eigenvalue weighted by atomic mass is 16.5. The number of rotatable bonds is 9. The number of anilines is 1. The lowest BCUT2D eigenvalue weighted by atomic mass is 10.1. The van der Waals surface area contributed by atoms with Gasteiger partial charge in [-0.25, -0.2) is 0 Å². The molecule has 1 aromatic carbocycles. The van der Waals surface area contributed by atoms with Gasteiger partial charge >= 0.3 is 0 Å². The SMILES string of the molecule is CCCCOCCCNCc1cccc2c1NCC2. The molecule has 0 aromatic heterocycles. The summed E-state index contributed by atoms with van der Waals surface area (Å²) in [5.41, 5.74) is 4.21. The fraction of sp³-hybridized carbons (Fsp3) is 0.625. The average Bonchev–Trinajstić information content (AvgIpc) is 2.91. The van der Waals surface area contributed by atoms with Crippen LogP contribution in [0.3, 0.4) is 0 Å². The zero-order valence-electron chi connectivity index (χ0n) is 12.0. The molecule has 0 radical (unpaired) electrons. The van der Waals surface area contributed by atoms with E-state index >= 15 is 0 Å². The lowest BCUT2D eigenvalue weighted by molar-refractivity contribution is 0.129. The predicted molar refractivity (Wildman–Crippen MR) is 80.7 cm³/mol. The Kier molecular flexibility index (Phi) is 6.18. The molecule has 0 saturated carbocycles. The van der Waals surface area contributed by atoms with Gasteiger partial charge in [-0.1, -0.05) is 31.5 Å². The topological polar surface area (TPSA) is 33.3 Å². The van der Waals surface area contributed by atoms with E-state index in [1.807, 2.05) is 0 Å². The summed E-state index contributed by atoms with van der Waals surface area (Å²) in [7, 11) is 0. The van der Waals surface area contributed by atoms with Crippen molar-refractivity contribution in [3.8, 4) is 0 Å². The molecule has 0 bridgehead atoms. The number of nitrogens with one attached hydrogen (secondary N) is 2. The summed E-state index contributed by atoms with van der Waals surface area (Å²) >= 11 is 0. The fourth-order valence-corrected chi connectivity index (χ4v) is 2.43. The van der Waals surface area contributed by atoms with Crippen molar-refractivity contribution in [2.24, 2.45) is 0 Å². The van der Waals surface area contributed by atoms with Gasteiger partial charge in [0.15, 0.2) is 0 Å². The van der Waals surface area contributed by atoms with Crippen molar-refractivity contribution in [1.82, 2.24) is 5.32 Å². The minimum Gasteiger partial charge on any atom is -0.384 e. The molecule has 0 fully saturated rings. The van der Waals surface area contributed by atoms with Crippen LogP contribution in [-0.4, -0.2) is 26.3 Å². The second kappa shape index (κ2) is 8.18. The highest BCUT2D eigenvalue weighted by molar-refractivity contribution is 5.61. The van der Waals surface area contributed by atoms with Crippen LogP contribution in [0.2, 0.25) is 0 Å². The molecule has 0 saturated heterocycles. The smallest absolute Gasteiger partial charge is 0.0478 e. The maximum atomic E-state index is 5.55. The zero-order chi connectivity index (χ0) is 13.3. The van der Waals surface area contributed by atoms with Crippen molar-refractivity contribution in [3.63, 3.8) is 0 Å². The molecule has 2 N–H and O–H groups in total. The summed E-state index contributed by atoms with van der Waals surface area (Å²) in [4.78, 5) is 0. The minimum atomic E-state index is 0.873. The Labute approximate surface area is 116 Å². The van der Waals surface area contributed by atoms with E-state index in [1.54, 1.807) is 0 Å². The molecule has 0 aliphatic carbocycles. The van der Waals surface area contributed by atoms with E-state index < -0.39 is 0 Å². The number of unbranched alkanes of at least 4 members (excludes halogenated alkanes) is 1. The summed E-state index contributed by atoms with van der Waals surface area (Å²) in [5.74, 6) is 0. The number of fused-ring (bicyclic) bond motifs is 1. The monoisotopic (exact) mass is 262 g/mol. The summed E-state index contributed by atoms with van der Waals surface area (Å²) in [6.07, 6.45) is 4.64. The van der Waals surface area contributed by atoms with Gasteiger partial charge in [-0.15, -0.1) is 0 Å². The van der Waals surface area contributed by atoms with Crippen LogP contribution in [0.25, 0.3) is 0 Å². The van der Waals surface area contributed by atoms with Gasteiger partial charge < -0.3 is 15.4 Å². The number of benzene rings is 1. The van der Waals surface area contributed by atoms with Crippen LogP contribution in [0.5, 0.6) is 0 Å². The molecule has 2 rings (SSSR count). The molecular weight excluding hydrogens is 236 g/mol. The van der Waals surface area contributed by atoms with E-state index in [4.69, 9.17) is 4.74 Å². The van der Waals surface area contributed by atoms with Crippen molar-refractivity contribution in [2.75, 3.05) is 31.6 Å². The molecule has 1 aromatic rings. The number of ether oxygens (including phenoxy) is 1. The van der Waals surface area contributed by atoms with Gasteiger partial charge in [-0.2, -0.15) is 0 Å². The Hall–Kier alpha value is -1.06. The molecule has 1 heterocycles. The lowest BCUT2D eigenvalue weighted by Crippen LogP contribution is -2.17. The van der Waals surface area contributed by atoms with Crippen LogP contribution in [0.15, 0.2) is 18.2 Å². The quantitative estimate of drug-likeness (QED) is 0.671. The first kappa shape index (κ1) is 14.4. The van der Waals surface area contributed by atoms with Crippen molar-refractivity contribution in [1.29, 1.82) is 0 Å². The van der Waals surface area contributed by atoms with Crippen molar-refractivity contribution in [3.05, 3.63) is 29.3 Å². The van der Waals surface area contributed by atoms with E-state index in [-0.39, 0.29) is 0 Å². The van der Waals surface area contributed by atoms with Gasteiger partial charge in [0, 0.05) is 32.0 Å². The van der Waals surface area contributed by atoms with Gasteiger partial charge in [-0.05, 0) is 36.9 Å². The lowest BCUT2D eigenvalue weighted by Gasteiger charge is -2.10. The van der Waals surface area contributed by atoms with Gasteiger partial charge in [0.2, 0.25) is 0 Å². The fourth-order valence-electron chi connectivity index (χ4n) is 2.43. The molecule has 106 valence electrons. The van der Waals surface area contributed by atoms with E-state index in [2.05, 4.69) is 35.8 Å². The Morgan fingerprint density at radius 3 is 3.05 bits per heavy atom. The third kappa shape index (κ3) is 4.51. The van der Waals surface area contributed by atoms with Crippen LogP contribution in [0.4, 0.5) is 5.69 Å². The first-order valence-electron chi connectivity index (χ1n) is 7.55. The van der Waals surface area contributed by atoms with Crippen LogP contribution in [-0.2, 0) is 17.7 Å². The second-order valence-electron chi connectivity index (χ2n) is 5.12. The number of hydrogen-bond acceptors (Lipinski definition) is 3. The molecule has 0 unspecified atom stereocenters. The largest absolute Gasteiger partial charge is 0.384 e. The van der Waals surface area contributed by atoms with E-state index in [0.29, 0.717) is 0 Å². The third-order valence-electron chi connectivity index (χ3n) is 3.53. The van der Waals surface area contributed by atoms with Gasteiger partial charge in [-0.3, -0.25) is 0 Å². The zero-order valence-corrected chi connectivity index (χ0v) is 12.0. The number of para-hydroxylation sites is 1. The summed E-state index contributed by atoms with van der Waals surface area (Å²) in [6, 6.07) is 6.60. The predicted octanol–water partition coefficient (Wildman–Crippen LogP) is 2.95. The van der Waals surface area contributed by atoms with E-state index in [0.717, 1.165) is 45.7 Å². The highest BCUT2D eigenvalue weighted by Gasteiger charge is 2.12. The molecular formula is C16H26N2O. The Morgan fingerprint density at radius 1 is 1.26 bits per heavy atom. The van der Waals surface area contributed by atoms with E-state index in [1.165, 1.54) is 29.7 Å². The molecule has 3 heteroatoms.